The monoisotopic (exact) mass is 404 g/mol. The van der Waals surface area contributed by atoms with E-state index in [2.05, 4.69) is 15.4 Å². The SMILES string of the molecule is Cc1ccc(-n2nc(C(=O)Nc3ccc(F)cc3)nc2-c2ccc(F)cc2)c(C)c1. The molecule has 4 aromatic rings. The van der Waals surface area contributed by atoms with Crippen molar-refractivity contribution >= 4 is 11.6 Å². The maximum atomic E-state index is 13.4. The van der Waals surface area contributed by atoms with Gasteiger partial charge in [-0.25, -0.2) is 18.4 Å². The molecule has 0 aliphatic rings. The number of amides is 1. The van der Waals surface area contributed by atoms with Crippen LogP contribution in [0, 0.1) is 25.5 Å². The molecule has 7 heteroatoms. The van der Waals surface area contributed by atoms with Gasteiger partial charge in [-0.2, -0.15) is 0 Å². The highest BCUT2D eigenvalue weighted by Gasteiger charge is 2.20. The molecule has 0 bridgehead atoms. The maximum absolute atomic E-state index is 13.4. The van der Waals surface area contributed by atoms with Gasteiger partial charge in [-0.1, -0.05) is 17.7 Å². The molecule has 0 fully saturated rings. The van der Waals surface area contributed by atoms with Crippen molar-refractivity contribution in [3.63, 3.8) is 0 Å². The highest BCUT2D eigenvalue weighted by molar-refractivity contribution is 6.01. The lowest BCUT2D eigenvalue weighted by atomic mass is 10.1. The Kier molecular flexibility index (Phi) is 5.10. The molecule has 1 amide bonds. The number of anilines is 1. The summed E-state index contributed by atoms with van der Waals surface area (Å²) in [5, 5.41) is 7.07. The van der Waals surface area contributed by atoms with E-state index in [4.69, 9.17) is 0 Å². The number of rotatable bonds is 4. The normalized spacial score (nSPS) is 10.8. The van der Waals surface area contributed by atoms with Crippen LogP contribution in [0.15, 0.2) is 66.7 Å². The average molecular weight is 404 g/mol. The summed E-state index contributed by atoms with van der Waals surface area (Å²) in [7, 11) is 0. The topological polar surface area (TPSA) is 59.8 Å². The van der Waals surface area contributed by atoms with Crippen LogP contribution in [0.4, 0.5) is 14.5 Å². The van der Waals surface area contributed by atoms with Crippen LogP contribution in [-0.2, 0) is 0 Å². The number of carbonyl (C=O) groups excluding carboxylic acids is 1. The molecule has 0 saturated heterocycles. The minimum atomic E-state index is -0.534. The number of nitrogens with one attached hydrogen (secondary N) is 1. The minimum Gasteiger partial charge on any atom is -0.319 e. The lowest BCUT2D eigenvalue weighted by Crippen LogP contribution is -2.14. The van der Waals surface area contributed by atoms with Crippen LogP contribution in [0.5, 0.6) is 0 Å². The van der Waals surface area contributed by atoms with Gasteiger partial charge in [0.05, 0.1) is 5.69 Å². The molecule has 3 aromatic carbocycles. The van der Waals surface area contributed by atoms with Crippen molar-refractivity contribution in [1.29, 1.82) is 0 Å². The Balaban J connectivity index is 1.78. The number of hydrogen-bond donors (Lipinski definition) is 1. The second-order valence-electron chi connectivity index (χ2n) is 6.93. The zero-order chi connectivity index (χ0) is 21.3. The van der Waals surface area contributed by atoms with E-state index in [-0.39, 0.29) is 11.6 Å². The van der Waals surface area contributed by atoms with Crippen molar-refractivity contribution in [3.05, 3.63) is 95.3 Å². The summed E-state index contributed by atoms with van der Waals surface area (Å²) in [5.74, 6) is -0.951. The predicted octanol–water partition coefficient (Wildman–Crippen LogP) is 5.08. The molecule has 1 N–H and O–H groups in total. The molecule has 1 heterocycles. The molecule has 0 radical (unpaired) electrons. The van der Waals surface area contributed by atoms with Crippen molar-refractivity contribution < 1.29 is 13.6 Å². The molecule has 0 spiro atoms. The van der Waals surface area contributed by atoms with Gasteiger partial charge in [0, 0.05) is 11.3 Å². The van der Waals surface area contributed by atoms with Crippen LogP contribution in [0.3, 0.4) is 0 Å². The van der Waals surface area contributed by atoms with Crippen molar-refractivity contribution in [3.8, 4) is 17.1 Å². The van der Waals surface area contributed by atoms with Gasteiger partial charge in [-0.05, 0) is 74.0 Å². The van der Waals surface area contributed by atoms with Crippen LogP contribution in [0.2, 0.25) is 0 Å². The lowest BCUT2D eigenvalue weighted by molar-refractivity contribution is 0.101. The number of benzene rings is 3. The number of aryl methyl sites for hydroxylation is 2. The predicted molar refractivity (Wildman–Crippen MR) is 111 cm³/mol. The fourth-order valence-electron chi connectivity index (χ4n) is 3.13. The Hall–Kier alpha value is -3.87. The van der Waals surface area contributed by atoms with Crippen molar-refractivity contribution in [2.75, 3.05) is 5.32 Å². The van der Waals surface area contributed by atoms with Gasteiger partial charge < -0.3 is 5.32 Å². The van der Waals surface area contributed by atoms with Gasteiger partial charge in [0.1, 0.15) is 11.6 Å². The highest BCUT2D eigenvalue weighted by Crippen LogP contribution is 2.24. The summed E-state index contributed by atoms with van der Waals surface area (Å²) in [4.78, 5) is 17.1. The molecule has 5 nitrogen and oxygen atoms in total. The minimum absolute atomic E-state index is 0.0568. The molecule has 0 unspecified atom stereocenters. The van der Waals surface area contributed by atoms with Crippen molar-refractivity contribution in [2.24, 2.45) is 0 Å². The third-order valence-corrected chi connectivity index (χ3v) is 4.60. The first-order chi connectivity index (χ1) is 14.4. The quantitative estimate of drug-likeness (QED) is 0.516. The second kappa shape index (κ2) is 7.87. The number of hydrogen-bond acceptors (Lipinski definition) is 3. The number of nitrogens with zero attached hydrogens (tertiary/aromatic N) is 3. The molecular weight excluding hydrogens is 386 g/mol. The van der Waals surface area contributed by atoms with Crippen LogP contribution in [0.25, 0.3) is 17.1 Å². The van der Waals surface area contributed by atoms with Crippen LogP contribution >= 0.6 is 0 Å². The lowest BCUT2D eigenvalue weighted by Gasteiger charge is -2.09. The van der Waals surface area contributed by atoms with E-state index < -0.39 is 11.7 Å². The van der Waals surface area contributed by atoms with E-state index in [0.717, 1.165) is 16.8 Å². The first-order valence-electron chi connectivity index (χ1n) is 9.28. The van der Waals surface area contributed by atoms with Crippen molar-refractivity contribution in [2.45, 2.75) is 13.8 Å². The average Bonchev–Trinajstić information content (AvgIpc) is 3.15. The van der Waals surface area contributed by atoms with Crippen LogP contribution in [-0.4, -0.2) is 20.7 Å². The standard InChI is InChI=1S/C23H18F2N4O/c1-14-3-12-20(15(2)13-14)29-22(16-4-6-17(24)7-5-16)27-21(28-29)23(30)26-19-10-8-18(25)9-11-19/h3-13H,1-2H3,(H,26,30). The van der Waals surface area contributed by atoms with Crippen LogP contribution < -0.4 is 5.32 Å². The van der Waals surface area contributed by atoms with E-state index in [1.807, 2.05) is 32.0 Å². The summed E-state index contributed by atoms with van der Waals surface area (Å²) in [5.41, 5.74) is 3.84. The fourth-order valence-corrected chi connectivity index (χ4v) is 3.13. The summed E-state index contributed by atoms with van der Waals surface area (Å²) in [6.45, 7) is 3.93. The van der Waals surface area contributed by atoms with E-state index >= 15 is 0 Å². The third kappa shape index (κ3) is 3.96. The van der Waals surface area contributed by atoms with E-state index in [9.17, 15) is 13.6 Å². The van der Waals surface area contributed by atoms with Gasteiger partial charge in [0.25, 0.3) is 5.91 Å². The molecule has 30 heavy (non-hydrogen) atoms. The van der Waals surface area contributed by atoms with E-state index in [1.54, 1.807) is 16.8 Å². The largest absolute Gasteiger partial charge is 0.319 e. The first kappa shape index (κ1) is 19.4. The van der Waals surface area contributed by atoms with Gasteiger partial charge in [0.15, 0.2) is 5.82 Å². The Morgan fingerprint density at radius 1 is 0.900 bits per heavy atom. The molecular formula is C23H18F2N4O. The highest BCUT2D eigenvalue weighted by atomic mass is 19.1. The number of aromatic nitrogens is 3. The zero-order valence-corrected chi connectivity index (χ0v) is 16.4. The molecule has 0 aliphatic heterocycles. The third-order valence-electron chi connectivity index (χ3n) is 4.60. The van der Waals surface area contributed by atoms with Gasteiger partial charge in [-0.15, -0.1) is 5.10 Å². The van der Waals surface area contributed by atoms with E-state index in [0.29, 0.717) is 17.1 Å². The summed E-state index contributed by atoms with van der Waals surface area (Å²) in [6, 6.07) is 17.1. The molecule has 4 rings (SSSR count). The number of halogens is 2. The molecule has 0 aliphatic carbocycles. The van der Waals surface area contributed by atoms with E-state index in [1.165, 1.54) is 36.4 Å². The zero-order valence-electron chi connectivity index (χ0n) is 16.4. The number of carbonyl (C=O) groups is 1. The van der Waals surface area contributed by atoms with Crippen LogP contribution in [0.1, 0.15) is 21.7 Å². The van der Waals surface area contributed by atoms with Gasteiger partial charge in [-0.3, -0.25) is 4.79 Å². The maximum Gasteiger partial charge on any atom is 0.295 e. The Labute approximate surface area is 172 Å². The Morgan fingerprint density at radius 2 is 1.53 bits per heavy atom. The smallest absolute Gasteiger partial charge is 0.295 e. The Morgan fingerprint density at radius 3 is 2.17 bits per heavy atom. The van der Waals surface area contributed by atoms with Crippen molar-refractivity contribution in [1.82, 2.24) is 14.8 Å². The van der Waals surface area contributed by atoms with Gasteiger partial charge >= 0.3 is 0 Å². The summed E-state index contributed by atoms with van der Waals surface area (Å²) in [6.07, 6.45) is 0. The summed E-state index contributed by atoms with van der Waals surface area (Å²) < 4.78 is 28.1. The molecule has 0 saturated carbocycles. The molecule has 150 valence electrons. The fraction of sp³-hybridized carbons (Fsp3) is 0.0870. The van der Waals surface area contributed by atoms with Gasteiger partial charge in [0.2, 0.25) is 5.82 Å². The second-order valence-corrected chi connectivity index (χ2v) is 6.93. The first-order valence-corrected chi connectivity index (χ1v) is 9.28. The Bertz CT molecular complexity index is 1220. The summed E-state index contributed by atoms with van der Waals surface area (Å²) >= 11 is 0. The molecule has 0 atom stereocenters. The molecule has 1 aromatic heterocycles.